The minimum atomic E-state index is -0.496. The summed E-state index contributed by atoms with van der Waals surface area (Å²) in [7, 11) is -0.00231. The minimum absolute atomic E-state index is 0.00231. The summed E-state index contributed by atoms with van der Waals surface area (Å²) in [6.07, 6.45) is 0.807. The first-order valence-electron chi connectivity index (χ1n) is 3.14. The van der Waals surface area contributed by atoms with Crippen molar-refractivity contribution in [1.29, 1.82) is 0 Å². The largest absolute Gasteiger partial charge is 0.326 e. The van der Waals surface area contributed by atoms with E-state index in [1.54, 1.807) is 0 Å². The Morgan fingerprint density at radius 3 is 2.64 bits per heavy atom. The van der Waals surface area contributed by atoms with Crippen molar-refractivity contribution in [2.45, 2.75) is 12.5 Å². The minimum Gasteiger partial charge on any atom is -0.326 e. The second-order valence-electron chi connectivity index (χ2n) is 2.16. The van der Waals surface area contributed by atoms with E-state index in [2.05, 4.69) is 10.6 Å². The van der Waals surface area contributed by atoms with E-state index in [4.69, 9.17) is 0 Å². The van der Waals surface area contributed by atoms with E-state index in [0.717, 1.165) is 0 Å². The van der Waals surface area contributed by atoms with Crippen LogP contribution in [-0.4, -0.2) is 24.1 Å². The maximum atomic E-state index is 10.8. The molecule has 6 heteroatoms. The van der Waals surface area contributed by atoms with Gasteiger partial charge in [-0.05, 0) is 6.42 Å². The molecular formula is C5H7N2O3P. The number of nitrogens with one attached hydrogen (secondary N) is 2. The van der Waals surface area contributed by atoms with Crippen molar-refractivity contribution < 1.29 is 14.2 Å². The Labute approximate surface area is 64.7 Å². The highest BCUT2D eigenvalue weighted by Crippen LogP contribution is 2.03. The normalized spacial score (nSPS) is 23.5. The molecule has 0 aromatic rings. The molecule has 0 saturated carbocycles. The van der Waals surface area contributed by atoms with Crippen LogP contribution in [0.15, 0.2) is 0 Å². The highest BCUT2D eigenvalue weighted by molar-refractivity contribution is 7.23. The van der Waals surface area contributed by atoms with Crippen LogP contribution in [0.25, 0.3) is 0 Å². The Balaban J connectivity index is 2.40. The fourth-order valence-corrected chi connectivity index (χ4v) is 1.21. The lowest BCUT2D eigenvalue weighted by atomic mass is 10.2. The summed E-state index contributed by atoms with van der Waals surface area (Å²) in [6.45, 7) is 0. The van der Waals surface area contributed by atoms with Gasteiger partial charge >= 0.3 is 6.03 Å². The van der Waals surface area contributed by atoms with Crippen LogP contribution in [0.5, 0.6) is 0 Å². The summed E-state index contributed by atoms with van der Waals surface area (Å²) in [5, 5.41) is 4.48. The molecule has 2 N–H and O–H groups in total. The number of rotatable bonds is 3. The van der Waals surface area contributed by atoms with Crippen molar-refractivity contribution in [3.8, 4) is 0 Å². The molecule has 1 fully saturated rings. The predicted molar refractivity (Wildman–Crippen MR) is 37.6 cm³/mol. The third-order valence-electron chi connectivity index (χ3n) is 1.37. The van der Waals surface area contributed by atoms with Crippen LogP contribution in [0, 0.1) is 0 Å². The Bertz CT molecular complexity index is 206. The molecule has 1 aliphatic heterocycles. The third kappa shape index (κ3) is 1.98. The average Bonchev–Trinajstić information content (AvgIpc) is 2.26. The molecule has 11 heavy (non-hydrogen) atoms. The van der Waals surface area contributed by atoms with Gasteiger partial charge in [-0.15, -0.1) is 0 Å². The lowest BCUT2D eigenvalue weighted by Crippen LogP contribution is -2.28. The topological polar surface area (TPSA) is 75.3 Å². The van der Waals surface area contributed by atoms with Crippen LogP contribution < -0.4 is 10.6 Å². The van der Waals surface area contributed by atoms with Crippen LogP contribution >= 0.6 is 8.46 Å². The smallest absolute Gasteiger partial charge is 0.322 e. The molecule has 1 saturated heterocycles. The second kappa shape index (κ2) is 3.44. The van der Waals surface area contributed by atoms with Gasteiger partial charge in [-0.1, -0.05) is 0 Å². The lowest BCUT2D eigenvalue weighted by molar-refractivity contribution is -0.120. The fraction of sp³-hybridized carbons (Fsp3) is 0.600. The van der Waals surface area contributed by atoms with Crippen molar-refractivity contribution >= 4 is 20.4 Å². The molecule has 0 spiro atoms. The first-order valence-corrected chi connectivity index (χ1v) is 4.14. The van der Waals surface area contributed by atoms with Gasteiger partial charge in [0.1, 0.15) is 6.04 Å². The monoisotopic (exact) mass is 174 g/mol. The molecular weight excluding hydrogens is 167 g/mol. The van der Waals surface area contributed by atoms with Crippen LogP contribution in [0.4, 0.5) is 4.79 Å². The number of carbonyl (C=O) groups is 2. The molecule has 0 aliphatic carbocycles. The molecule has 3 amide bonds. The average molecular weight is 174 g/mol. The number of imide groups is 1. The van der Waals surface area contributed by atoms with Gasteiger partial charge in [0.15, 0.2) is 8.46 Å². The number of urea groups is 1. The molecule has 60 valence electrons. The Kier molecular flexibility index (Phi) is 2.54. The van der Waals surface area contributed by atoms with E-state index >= 15 is 0 Å². The lowest BCUT2D eigenvalue weighted by Gasteiger charge is -2.01. The quantitative estimate of drug-likeness (QED) is 0.462. The van der Waals surface area contributed by atoms with Crippen molar-refractivity contribution in [2.75, 3.05) is 6.16 Å². The van der Waals surface area contributed by atoms with Gasteiger partial charge in [0, 0.05) is 6.16 Å². The molecule has 1 aliphatic rings. The van der Waals surface area contributed by atoms with Crippen molar-refractivity contribution in [1.82, 2.24) is 10.6 Å². The number of amides is 3. The van der Waals surface area contributed by atoms with E-state index in [1.807, 2.05) is 0 Å². The molecule has 1 heterocycles. The number of hydrogen-bond donors (Lipinski definition) is 2. The standard InChI is InChI=1S/C5H7N2O3P/c8-4-3(1-2-11-10)6-5(9)7-4/h3H,1-2H2,(H2,6,7,8,9)/t3-/m0/s1. The Morgan fingerprint density at radius 2 is 2.18 bits per heavy atom. The summed E-state index contributed by atoms with van der Waals surface area (Å²) in [5.74, 6) is -0.335. The Hall–Kier alpha value is -0.960. The Morgan fingerprint density at radius 1 is 1.45 bits per heavy atom. The first-order chi connectivity index (χ1) is 5.24. The maximum Gasteiger partial charge on any atom is 0.322 e. The van der Waals surface area contributed by atoms with Crippen LogP contribution in [0.2, 0.25) is 0 Å². The van der Waals surface area contributed by atoms with Crippen molar-refractivity contribution in [3.63, 3.8) is 0 Å². The van der Waals surface area contributed by atoms with Crippen LogP contribution in [-0.2, 0) is 9.36 Å². The zero-order valence-corrected chi connectivity index (χ0v) is 6.56. The van der Waals surface area contributed by atoms with Gasteiger partial charge in [0.05, 0.1) is 0 Å². The van der Waals surface area contributed by atoms with Gasteiger partial charge in [0.2, 0.25) is 0 Å². The zero-order chi connectivity index (χ0) is 8.27. The summed E-state index contributed by atoms with van der Waals surface area (Å²) < 4.78 is 10.0. The number of carbonyl (C=O) groups excluding carboxylic acids is 2. The summed E-state index contributed by atoms with van der Waals surface area (Å²) in [4.78, 5) is 21.3. The molecule has 1 rings (SSSR count). The number of hydrogen-bond acceptors (Lipinski definition) is 3. The fourth-order valence-electron chi connectivity index (χ4n) is 0.844. The van der Waals surface area contributed by atoms with Gasteiger partial charge in [-0.3, -0.25) is 14.7 Å². The van der Waals surface area contributed by atoms with E-state index in [-0.39, 0.29) is 14.4 Å². The van der Waals surface area contributed by atoms with Crippen molar-refractivity contribution in [3.05, 3.63) is 0 Å². The molecule has 0 unspecified atom stereocenters. The molecule has 0 aromatic heterocycles. The summed E-state index contributed by atoms with van der Waals surface area (Å²) in [5.41, 5.74) is 0. The van der Waals surface area contributed by atoms with Crippen LogP contribution in [0.3, 0.4) is 0 Å². The van der Waals surface area contributed by atoms with Gasteiger partial charge in [0.25, 0.3) is 5.91 Å². The predicted octanol–water partition coefficient (Wildman–Crippen LogP) is -0.124. The highest BCUT2D eigenvalue weighted by Gasteiger charge is 2.28. The summed E-state index contributed by atoms with van der Waals surface area (Å²) in [6, 6.07) is -0.966. The van der Waals surface area contributed by atoms with Crippen molar-refractivity contribution in [2.24, 2.45) is 0 Å². The molecule has 0 radical (unpaired) electrons. The van der Waals surface area contributed by atoms with E-state index in [1.165, 1.54) is 0 Å². The first kappa shape index (κ1) is 8.14. The third-order valence-corrected chi connectivity index (χ3v) is 1.81. The molecule has 0 bridgehead atoms. The molecule has 0 aromatic carbocycles. The maximum absolute atomic E-state index is 10.8. The SMILES string of the molecule is O=PCC[C@@H]1NC(=O)NC1=O. The van der Waals surface area contributed by atoms with E-state index < -0.39 is 12.1 Å². The van der Waals surface area contributed by atoms with Crippen LogP contribution in [0.1, 0.15) is 6.42 Å². The highest BCUT2D eigenvalue weighted by atomic mass is 31.1. The molecule has 5 nitrogen and oxygen atoms in total. The van der Waals surface area contributed by atoms with Gasteiger partial charge < -0.3 is 5.32 Å². The van der Waals surface area contributed by atoms with Gasteiger partial charge in [-0.2, -0.15) is 0 Å². The summed E-state index contributed by atoms with van der Waals surface area (Å²) >= 11 is 0. The second-order valence-corrected chi connectivity index (χ2v) is 2.86. The van der Waals surface area contributed by atoms with E-state index in [0.29, 0.717) is 12.6 Å². The van der Waals surface area contributed by atoms with Gasteiger partial charge in [-0.25, -0.2) is 4.79 Å². The molecule has 1 atom stereocenters. The van der Waals surface area contributed by atoms with E-state index in [9.17, 15) is 14.2 Å². The zero-order valence-electron chi connectivity index (χ0n) is 5.66.